The summed E-state index contributed by atoms with van der Waals surface area (Å²) in [5, 5.41) is 2.66. The number of nitrogens with zero attached hydrogens (tertiary/aromatic N) is 2. The number of nitrogens with one attached hydrogen (secondary N) is 1. The summed E-state index contributed by atoms with van der Waals surface area (Å²) < 4.78 is 69.4. The van der Waals surface area contributed by atoms with E-state index in [0.29, 0.717) is 12.0 Å². The van der Waals surface area contributed by atoms with Gasteiger partial charge in [-0.1, -0.05) is 6.07 Å². The number of hydrogen-bond donors (Lipinski definition) is 2. The normalized spacial score (nSPS) is 16.6. The molecule has 3 rings (SSSR count). The number of benzene rings is 1. The second kappa shape index (κ2) is 10.3. The van der Waals surface area contributed by atoms with Crippen molar-refractivity contribution < 1.29 is 31.5 Å². The fourth-order valence-corrected chi connectivity index (χ4v) is 4.30. The summed E-state index contributed by atoms with van der Waals surface area (Å²) >= 11 is 0. The second-order valence-corrected chi connectivity index (χ2v) is 9.15. The predicted octanol–water partition coefficient (Wildman–Crippen LogP) is 3.56. The fourth-order valence-electron chi connectivity index (χ4n) is 4.30. The molecule has 3 N–H and O–H groups in total. The van der Waals surface area contributed by atoms with Crippen molar-refractivity contribution in [2.24, 2.45) is 11.1 Å². The Morgan fingerprint density at radius 2 is 1.86 bits per heavy atom. The highest BCUT2D eigenvalue weighted by molar-refractivity contribution is 5.93. The van der Waals surface area contributed by atoms with E-state index >= 15 is 0 Å². The lowest BCUT2D eigenvalue weighted by Gasteiger charge is -2.30. The second-order valence-electron chi connectivity index (χ2n) is 9.15. The highest BCUT2D eigenvalue weighted by Gasteiger charge is 2.67. The molecule has 0 spiro atoms. The number of carbonyl (C=O) groups is 2. The van der Waals surface area contributed by atoms with Crippen LogP contribution in [0.1, 0.15) is 46.7 Å². The molecule has 1 saturated carbocycles. The van der Waals surface area contributed by atoms with Crippen molar-refractivity contribution >= 4 is 11.8 Å². The highest BCUT2D eigenvalue weighted by atomic mass is 19.4. The first-order valence-electron chi connectivity index (χ1n) is 11.0. The Labute approximate surface area is 199 Å². The zero-order valence-electron chi connectivity index (χ0n) is 19.3. The van der Waals surface area contributed by atoms with Gasteiger partial charge >= 0.3 is 6.18 Å². The summed E-state index contributed by atoms with van der Waals surface area (Å²) in [4.78, 5) is 29.4. The predicted molar refractivity (Wildman–Crippen MR) is 118 cm³/mol. The maximum Gasteiger partial charge on any atom is 0.395 e. The third-order valence-corrected chi connectivity index (χ3v) is 6.57. The molecule has 1 aromatic heterocycles. The molecule has 35 heavy (non-hydrogen) atoms. The lowest BCUT2D eigenvalue weighted by molar-refractivity contribution is -0.194. The third-order valence-electron chi connectivity index (χ3n) is 6.57. The maximum absolute atomic E-state index is 14.1. The van der Waals surface area contributed by atoms with Crippen LogP contribution >= 0.6 is 0 Å². The van der Waals surface area contributed by atoms with Gasteiger partial charge in [0.1, 0.15) is 11.6 Å². The number of rotatable bonds is 10. The molecule has 11 heteroatoms. The number of pyridine rings is 1. The minimum Gasteiger partial charge on any atom is -0.366 e. The van der Waals surface area contributed by atoms with Gasteiger partial charge in [0.05, 0.1) is 17.2 Å². The van der Waals surface area contributed by atoms with Crippen LogP contribution in [0, 0.1) is 17.0 Å². The number of amides is 2. The Hall–Kier alpha value is -3.08. The molecule has 190 valence electrons. The topological polar surface area (TPSA) is 88.3 Å². The van der Waals surface area contributed by atoms with Crippen molar-refractivity contribution in [2.75, 3.05) is 20.6 Å². The fraction of sp³-hybridized carbons (Fsp3) is 0.458. The van der Waals surface area contributed by atoms with Gasteiger partial charge in [0.2, 0.25) is 5.91 Å². The molecule has 0 saturated heterocycles. The number of aromatic nitrogens is 1. The summed E-state index contributed by atoms with van der Waals surface area (Å²) in [6.07, 6.45) is -2.94. The van der Waals surface area contributed by atoms with E-state index in [1.165, 1.54) is 18.3 Å². The van der Waals surface area contributed by atoms with Gasteiger partial charge in [-0.25, -0.2) is 8.78 Å². The third kappa shape index (κ3) is 6.14. The van der Waals surface area contributed by atoms with Gasteiger partial charge in [-0.2, -0.15) is 13.2 Å². The molecule has 1 aliphatic rings. The molecule has 0 bridgehead atoms. The number of carbonyl (C=O) groups excluding carboxylic acids is 2. The van der Waals surface area contributed by atoms with E-state index in [-0.39, 0.29) is 36.6 Å². The standard InChI is InChI=1S/C24H27F5N4O2/c1-33(2)17(7-14-3-4-18(22(30)35)20(26)8-14)13-32-21(34)10-19(15-9-16(25)12-31-11-15)23(5-6-23)24(27,28)29/h3-4,8-9,11-12,17,19H,5-7,10,13H2,1-2H3,(H2,30,35)(H,32,34)/t17-,19?/m0/s1. The first-order valence-corrected chi connectivity index (χ1v) is 11.0. The zero-order chi connectivity index (χ0) is 26.0. The van der Waals surface area contributed by atoms with Gasteiger partial charge in [0, 0.05) is 31.1 Å². The molecule has 0 aliphatic heterocycles. The summed E-state index contributed by atoms with van der Waals surface area (Å²) in [6, 6.07) is 4.69. The number of primary amides is 1. The van der Waals surface area contributed by atoms with E-state index in [1.807, 2.05) is 0 Å². The highest BCUT2D eigenvalue weighted by Crippen LogP contribution is 2.66. The van der Waals surface area contributed by atoms with E-state index in [1.54, 1.807) is 25.1 Å². The SMILES string of the molecule is CN(C)[C@H](CNC(=O)CC(c1cncc(F)c1)C1(C(F)(F)F)CC1)Cc1ccc(C(N)=O)c(F)c1. The summed E-state index contributed by atoms with van der Waals surface area (Å²) in [5.41, 5.74) is 3.38. The number of hydrogen-bond acceptors (Lipinski definition) is 4. The lowest BCUT2D eigenvalue weighted by atomic mass is 9.80. The van der Waals surface area contributed by atoms with Gasteiger partial charge in [0.25, 0.3) is 5.91 Å². The van der Waals surface area contributed by atoms with Crippen LogP contribution in [0.25, 0.3) is 0 Å². The number of alkyl halides is 3. The molecule has 2 atom stereocenters. The van der Waals surface area contributed by atoms with Crippen LogP contribution in [-0.2, 0) is 11.2 Å². The van der Waals surface area contributed by atoms with Gasteiger partial charge in [-0.05, 0) is 62.7 Å². The average molecular weight is 498 g/mol. The number of halogens is 5. The minimum absolute atomic E-state index is 0.0316. The maximum atomic E-state index is 14.1. The Morgan fingerprint density at radius 3 is 2.37 bits per heavy atom. The van der Waals surface area contributed by atoms with Gasteiger partial charge in [-0.15, -0.1) is 0 Å². The largest absolute Gasteiger partial charge is 0.395 e. The molecule has 2 amide bonds. The van der Waals surface area contributed by atoms with E-state index in [9.17, 15) is 31.5 Å². The van der Waals surface area contributed by atoms with E-state index in [2.05, 4.69) is 10.3 Å². The Kier molecular flexibility index (Phi) is 7.78. The smallest absolute Gasteiger partial charge is 0.366 e. The Morgan fingerprint density at radius 1 is 1.17 bits per heavy atom. The summed E-state index contributed by atoms with van der Waals surface area (Å²) in [7, 11) is 3.49. The van der Waals surface area contributed by atoms with Crippen LogP contribution in [0.4, 0.5) is 22.0 Å². The molecule has 6 nitrogen and oxygen atoms in total. The molecule has 1 aromatic carbocycles. The van der Waals surface area contributed by atoms with Crippen molar-refractivity contribution in [1.82, 2.24) is 15.2 Å². The van der Waals surface area contributed by atoms with Crippen molar-refractivity contribution in [3.8, 4) is 0 Å². The van der Waals surface area contributed by atoms with E-state index < -0.39 is 47.4 Å². The van der Waals surface area contributed by atoms with Crippen LogP contribution in [-0.4, -0.2) is 54.6 Å². The molecule has 1 fully saturated rings. The van der Waals surface area contributed by atoms with E-state index in [0.717, 1.165) is 12.3 Å². The Balaban J connectivity index is 1.71. The van der Waals surface area contributed by atoms with Gasteiger partial charge < -0.3 is 16.0 Å². The van der Waals surface area contributed by atoms with Crippen LogP contribution in [0.15, 0.2) is 36.7 Å². The summed E-state index contributed by atoms with van der Waals surface area (Å²) in [5.74, 6) is -4.30. The molecule has 1 unspecified atom stereocenters. The van der Waals surface area contributed by atoms with Crippen molar-refractivity contribution in [3.63, 3.8) is 0 Å². The quantitative estimate of drug-likeness (QED) is 0.491. The summed E-state index contributed by atoms with van der Waals surface area (Å²) in [6.45, 7) is 0.0815. The number of likely N-dealkylation sites (N-methyl/N-ethyl adjacent to an activating group) is 1. The molecule has 0 radical (unpaired) electrons. The number of nitrogens with two attached hydrogens (primary N) is 1. The van der Waals surface area contributed by atoms with Crippen molar-refractivity contribution in [1.29, 1.82) is 0 Å². The van der Waals surface area contributed by atoms with Crippen LogP contribution in [0.5, 0.6) is 0 Å². The van der Waals surface area contributed by atoms with Gasteiger partial charge in [-0.3, -0.25) is 14.6 Å². The average Bonchev–Trinajstić information content (AvgIpc) is 3.56. The van der Waals surface area contributed by atoms with Crippen LogP contribution in [0.2, 0.25) is 0 Å². The molecule has 2 aromatic rings. The van der Waals surface area contributed by atoms with E-state index in [4.69, 9.17) is 5.73 Å². The van der Waals surface area contributed by atoms with Crippen LogP contribution < -0.4 is 11.1 Å². The minimum atomic E-state index is -4.54. The lowest BCUT2D eigenvalue weighted by Crippen LogP contribution is -2.42. The molecular weight excluding hydrogens is 471 g/mol. The Bertz CT molecular complexity index is 1090. The van der Waals surface area contributed by atoms with Crippen molar-refractivity contribution in [3.05, 3.63) is 65.0 Å². The first kappa shape index (κ1) is 26.5. The van der Waals surface area contributed by atoms with Crippen LogP contribution in [0.3, 0.4) is 0 Å². The zero-order valence-corrected chi connectivity index (χ0v) is 19.3. The first-order chi connectivity index (χ1) is 16.3. The molecule has 1 aliphatic carbocycles. The monoisotopic (exact) mass is 498 g/mol. The molecular formula is C24H27F5N4O2. The van der Waals surface area contributed by atoms with Crippen molar-refractivity contribution in [2.45, 2.75) is 43.8 Å². The molecule has 1 heterocycles. The van der Waals surface area contributed by atoms with Gasteiger partial charge in [0.15, 0.2) is 0 Å².